The summed E-state index contributed by atoms with van der Waals surface area (Å²) >= 11 is 0. The molecule has 0 aliphatic rings. The molecule has 8 heteroatoms. The van der Waals surface area contributed by atoms with Gasteiger partial charge in [-0.2, -0.15) is 4.98 Å². The lowest BCUT2D eigenvalue weighted by atomic mass is 10.1. The second kappa shape index (κ2) is 6.60. The number of nitrogens with zero attached hydrogens (tertiary/aromatic N) is 4. The summed E-state index contributed by atoms with van der Waals surface area (Å²) in [6.45, 7) is 0. The first-order chi connectivity index (χ1) is 12.7. The van der Waals surface area contributed by atoms with Crippen LogP contribution in [-0.2, 0) is 6.42 Å². The van der Waals surface area contributed by atoms with Crippen molar-refractivity contribution in [2.45, 2.75) is 6.42 Å². The lowest BCUT2D eigenvalue weighted by Crippen LogP contribution is -2.04. The molecule has 8 nitrogen and oxygen atoms in total. The smallest absolute Gasteiger partial charge is 0.182 e. The summed E-state index contributed by atoms with van der Waals surface area (Å²) < 4.78 is 5.00. The van der Waals surface area contributed by atoms with Gasteiger partial charge in [-0.15, -0.1) is 0 Å². The molecule has 0 bridgehead atoms. The van der Waals surface area contributed by atoms with Crippen LogP contribution in [0.25, 0.3) is 10.9 Å². The molecule has 4 aromatic rings. The zero-order valence-electron chi connectivity index (χ0n) is 13.7. The minimum atomic E-state index is 0.499. The lowest BCUT2D eigenvalue weighted by molar-refractivity contribution is 0.558. The Bertz CT molecular complexity index is 1080. The van der Waals surface area contributed by atoms with E-state index in [2.05, 4.69) is 25.3 Å². The van der Waals surface area contributed by atoms with Crippen molar-refractivity contribution in [3.05, 3.63) is 66.3 Å². The first-order valence-corrected chi connectivity index (χ1v) is 7.87. The number of nitrogen functional groups attached to an aromatic ring is 1. The highest BCUT2D eigenvalue weighted by Crippen LogP contribution is 2.23. The van der Waals surface area contributed by atoms with Gasteiger partial charge in [0.05, 0.1) is 11.7 Å². The van der Waals surface area contributed by atoms with Crippen molar-refractivity contribution in [1.82, 2.24) is 19.9 Å². The largest absolute Gasteiger partial charge is 0.449 e. The zero-order chi connectivity index (χ0) is 17.9. The number of rotatable bonds is 5. The third-order valence-electron chi connectivity index (χ3n) is 3.89. The number of pyridine rings is 1. The summed E-state index contributed by atoms with van der Waals surface area (Å²) in [4.78, 5) is 17.4. The maximum atomic E-state index is 7.44. The summed E-state index contributed by atoms with van der Waals surface area (Å²) in [5.74, 6) is 1.81. The van der Waals surface area contributed by atoms with Crippen LogP contribution in [0, 0.1) is 5.41 Å². The molecule has 0 aliphatic heterocycles. The van der Waals surface area contributed by atoms with Crippen LogP contribution in [0.2, 0.25) is 0 Å². The summed E-state index contributed by atoms with van der Waals surface area (Å²) in [5.41, 5.74) is 8.79. The van der Waals surface area contributed by atoms with E-state index in [4.69, 9.17) is 15.6 Å². The zero-order valence-corrected chi connectivity index (χ0v) is 13.7. The van der Waals surface area contributed by atoms with E-state index in [1.807, 2.05) is 18.2 Å². The predicted molar refractivity (Wildman–Crippen MR) is 98.7 cm³/mol. The molecule has 0 aliphatic carbocycles. The number of nitrogens with one attached hydrogen (secondary N) is 2. The molecular formula is C18H15N7O. The summed E-state index contributed by atoms with van der Waals surface area (Å²) in [7, 11) is 0. The van der Waals surface area contributed by atoms with Crippen molar-refractivity contribution < 1.29 is 4.42 Å². The van der Waals surface area contributed by atoms with Crippen molar-refractivity contribution in [3.8, 4) is 0 Å². The van der Waals surface area contributed by atoms with E-state index in [0.717, 1.165) is 16.5 Å². The van der Waals surface area contributed by atoms with Gasteiger partial charge >= 0.3 is 0 Å². The number of nitrogens with two attached hydrogens (primary N) is 1. The number of hydrogen-bond acceptors (Lipinski definition) is 8. The second-order valence-electron chi connectivity index (χ2n) is 5.66. The first kappa shape index (κ1) is 15.7. The number of hydrogen-bond donors (Lipinski definition) is 3. The molecule has 26 heavy (non-hydrogen) atoms. The number of benzene rings is 1. The molecule has 0 atom stereocenters. The fraction of sp³-hybridized carbons (Fsp3) is 0.0556. The summed E-state index contributed by atoms with van der Waals surface area (Å²) in [6.07, 6.45) is 7.98. The van der Waals surface area contributed by atoms with E-state index in [9.17, 15) is 0 Å². The number of oxazole rings is 1. The van der Waals surface area contributed by atoms with Crippen LogP contribution in [0.5, 0.6) is 0 Å². The average Bonchev–Trinajstić information content (AvgIpc) is 3.16. The molecular weight excluding hydrogens is 330 g/mol. The van der Waals surface area contributed by atoms with E-state index in [-0.39, 0.29) is 0 Å². The first-order valence-electron chi connectivity index (χ1n) is 7.87. The quantitative estimate of drug-likeness (QED) is 0.375. The van der Waals surface area contributed by atoms with Gasteiger partial charge < -0.3 is 20.9 Å². The van der Waals surface area contributed by atoms with Crippen LogP contribution in [0.4, 0.5) is 17.3 Å². The molecule has 4 rings (SSSR count). The van der Waals surface area contributed by atoms with Crippen molar-refractivity contribution in [3.63, 3.8) is 0 Å². The van der Waals surface area contributed by atoms with E-state index in [1.165, 1.54) is 18.9 Å². The van der Waals surface area contributed by atoms with Gasteiger partial charge in [0.25, 0.3) is 0 Å². The molecule has 0 saturated heterocycles. The molecule has 0 fully saturated rings. The van der Waals surface area contributed by atoms with Crippen molar-refractivity contribution in [2.24, 2.45) is 0 Å². The Balaban J connectivity index is 1.74. The van der Waals surface area contributed by atoms with Gasteiger partial charge in [0.15, 0.2) is 12.2 Å². The highest BCUT2D eigenvalue weighted by Gasteiger charge is 2.10. The van der Waals surface area contributed by atoms with Crippen LogP contribution in [-0.4, -0.2) is 26.2 Å². The van der Waals surface area contributed by atoms with Crippen molar-refractivity contribution >= 4 is 34.4 Å². The Kier molecular flexibility index (Phi) is 3.98. The Hall–Kier alpha value is -3.81. The van der Waals surface area contributed by atoms with E-state index in [0.29, 0.717) is 35.1 Å². The van der Waals surface area contributed by atoms with Crippen LogP contribution in [0.1, 0.15) is 17.0 Å². The van der Waals surface area contributed by atoms with Crippen molar-refractivity contribution in [2.75, 3.05) is 11.1 Å². The second-order valence-corrected chi connectivity index (χ2v) is 5.66. The van der Waals surface area contributed by atoms with Gasteiger partial charge in [-0.3, -0.25) is 4.98 Å². The normalized spacial score (nSPS) is 10.8. The number of aromatic nitrogens is 4. The molecule has 3 heterocycles. The monoisotopic (exact) mass is 345 g/mol. The maximum Gasteiger partial charge on any atom is 0.182 e. The highest BCUT2D eigenvalue weighted by molar-refractivity contribution is 5.89. The standard InChI is InChI=1S/C18H15N7O/c19-7-12-5-11(1-2-14(12)20)6-16-23-15-8-21-4-3-13(15)18(24-16)25-17-9-26-10-22-17/h1-5,7-10,19H,6,20H2,(H,23,24,25). The number of fused-ring (bicyclic) bond motifs is 1. The molecule has 3 aromatic heterocycles. The van der Waals surface area contributed by atoms with Gasteiger partial charge in [0.2, 0.25) is 0 Å². The summed E-state index contributed by atoms with van der Waals surface area (Å²) in [6, 6.07) is 7.40. The fourth-order valence-electron chi connectivity index (χ4n) is 2.64. The van der Waals surface area contributed by atoms with Gasteiger partial charge in [0.1, 0.15) is 17.9 Å². The summed E-state index contributed by atoms with van der Waals surface area (Å²) in [5, 5.41) is 11.4. The fourth-order valence-corrected chi connectivity index (χ4v) is 2.64. The SMILES string of the molecule is N=Cc1cc(Cc2nc(Nc3cocn3)c3ccncc3n2)ccc1N. The minimum absolute atomic E-state index is 0.499. The van der Waals surface area contributed by atoms with Crippen LogP contribution >= 0.6 is 0 Å². The number of anilines is 3. The Morgan fingerprint density at radius 1 is 1.23 bits per heavy atom. The average molecular weight is 345 g/mol. The Morgan fingerprint density at radius 2 is 2.15 bits per heavy atom. The maximum absolute atomic E-state index is 7.44. The Morgan fingerprint density at radius 3 is 2.96 bits per heavy atom. The van der Waals surface area contributed by atoms with E-state index < -0.39 is 0 Å². The topological polar surface area (TPSA) is 127 Å². The molecule has 1 aromatic carbocycles. The van der Waals surface area contributed by atoms with Crippen LogP contribution < -0.4 is 11.1 Å². The van der Waals surface area contributed by atoms with Crippen LogP contribution in [0.3, 0.4) is 0 Å². The molecule has 4 N–H and O–H groups in total. The molecule has 0 amide bonds. The molecule has 0 saturated carbocycles. The lowest BCUT2D eigenvalue weighted by Gasteiger charge is -2.09. The van der Waals surface area contributed by atoms with Crippen molar-refractivity contribution in [1.29, 1.82) is 5.41 Å². The third-order valence-corrected chi connectivity index (χ3v) is 3.89. The van der Waals surface area contributed by atoms with Gasteiger partial charge in [0, 0.05) is 35.5 Å². The minimum Gasteiger partial charge on any atom is -0.449 e. The molecule has 0 spiro atoms. The van der Waals surface area contributed by atoms with Crippen LogP contribution in [0.15, 0.2) is 53.7 Å². The van der Waals surface area contributed by atoms with E-state index in [1.54, 1.807) is 18.5 Å². The third kappa shape index (κ3) is 3.07. The van der Waals surface area contributed by atoms with Gasteiger partial charge in [-0.1, -0.05) is 6.07 Å². The Labute approximate surface area is 148 Å². The molecule has 0 radical (unpaired) electrons. The molecule has 128 valence electrons. The van der Waals surface area contributed by atoms with Gasteiger partial charge in [-0.25, -0.2) is 9.97 Å². The highest BCUT2D eigenvalue weighted by atomic mass is 16.3. The van der Waals surface area contributed by atoms with Gasteiger partial charge in [-0.05, 0) is 23.8 Å². The molecule has 0 unspecified atom stereocenters. The predicted octanol–water partition coefficient (Wildman–Crippen LogP) is 2.93. The van der Waals surface area contributed by atoms with E-state index >= 15 is 0 Å².